The minimum Gasteiger partial charge on any atom is -0.489 e. The van der Waals surface area contributed by atoms with Gasteiger partial charge in [0.05, 0.1) is 6.54 Å². The van der Waals surface area contributed by atoms with Crippen LogP contribution in [0.15, 0.2) is 84.9 Å². The lowest BCUT2D eigenvalue weighted by atomic mass is 9.85. The third-order valence-corrected chi connectivity index (χ3v) is 4.94. The number of nitrogens with two attached hydrogens (primary N) is 1. The molecule has 0 saturated heterocycles. The van der Waals surface area contributed by atoms with Crippen LogP contribution in [0.5, 0.6) is 5.75 Å². The van der Waals surface area contributed by atoms with Crippen molar-refractivity contribution in [3.63, 3.8) is 0 Å². The van der Waals surface area contributed by atoms with Crippen LogP contribution in [0.3, 0.4) is 0 Å². The Bertz CT molecular complexity index is 892. The first-order valence-corrected chi connectivity index (χ1v) is 10.6. The van der Waals surface area contributed by atoms with Crippen LogP contribution in [0.2, 0.25) is 0 Å². The topological polar surface area (TPSA) is 64.3 Å². The summed E-state index contributed by atoms with van der Waals surface area (Å²) in [6.45, 7) is 8.25. The van der Waals surface area contributed by atoms with Gasteiger partial charge in [-0.2, -0.15) is 0 Å². The van der Waals surface area contributed by atoms with Crippen LogP contribution in [-0.4, -0.2) is 18.9 Å². The van der Waals surface area contributed by atoms with E-state index in [2.05, 4.69) is 31.3 Å². The van der Waals surface area contributed by atoms with Crippen molar-refractivity contribution in [2.75, 3.05) is 13.1 Å². The molecule has 4 nitrogen and oxygen atoms in total. The van der Waals surface area contributed by atoms with Gasteiger partial charge in [0, 0.05) is 18.5 Å². The summed E-state index contributed by atoms with van der Waals surface area (Å²) >= 11 is 0. The molecule has 0 saturated carbocycles. The van der Waals surface area contributed by atoms with Crippen molar-refractivity contribution in [3.8, 4) is 5.75 Å². The molecule has 164 valence electrons. The molecule has 0 heterocycles. The van der Waals surface area contributed by atoms with E-state index in [1.165, 1.54) is 5.56 Å². The van der Waals surface area contributed by atoms with Crippen molar-refractivity contribution in [3.05, 3.63) is 102 Å². The predicted octanol–water partition coefficient (Wildman–Crippen LogP) is 4.87. The molecule has 31 heavy (non-hydrogen) atoms. The Morgan fingerprint density at radius 2 is 1.45 bits per heavy atom. The second-order valence-corrected chi connectivity index (χ2v) is 8.18. The van der Waals surface area contributed by atoms with E-state index in [9.17, 15) is 4.79 Å². The second-order valence-electron chi connectivity index (χ2n) is 8.18. The molecule has 0 atom stereocenters. The number of carbonyl (C=O) groups excluding carboxylic acids is 1. The molecule has 0 fully saturated rings. The van der Waals surface area contributed by atoms with Crippen molar-refractivity contribution in [2.45, 2.75) is 39.3 Å². The average Bonchev–Trinajstić information content (AvgIpc) is 2.80. The van der Waals surface area contributed by atoms with E-state index in [-0.39, 0.29) is 11.2 Å². The fourth-order valence-corrected chi connectivity index (χ4v) is 2.83. The van der Waals surface area contributed by atoms with Gasteiger partial charge in [-0.3, -0.25) is 4.79 Å². The molecular weight excluding hydrogens is 384 g/mol. The van der Waals surface area contributed by atoms with Gasteiger partial charge < -0.3 is 15.8 Å². The maximum absolute atomic E-state index is 10.8. The Labute approximate surface area is 186 Å². The Hall–Kier alpha value is -2.95. The number of hydrogen-bond donors (Lipinski definition) is 2. The van der Waals surface area contributed by atoms with E-state index in [1.54, 1.807) is 6.92 Å². The summed E-state index contributed by atoms with van der Waals surface area (Å²) in [5.74, 6) is 0.997. The summed E-state index contributed by atoms with van der Waals surface area (Å²) in [4.78, 5) is 10.8. The third-order valence-electron chi connectivity index (χ3n) is 4.94. The third kappa shape index (κ3) is 9.16. The summed E-state index contributed by atoms with van der Waals surface area (Å²) in [6, 6.07) is 28.4. The summed E-state index contributed by atoms with van der Waals surface area (Å²) in [7, 11) is 0. The first-order chi connectivity index (χ1) is 14.9. The minimum absolute atomic E-state index is 0.112. The molecule has 3 N–H and O–H groups in total. The van der Waals surface area contributed by atoms with E-state index in [4.69, 9.17) is 10.5 Å². The maximum atomic E-state index is 10.8. The molecule has 0 aromatic heterocycles. The number of Topliss-reactive ketones (excluding diaryl/α,β-unsaturated/α-hetero) is 1. The maximum Gasteiger partial charge on any atom is 0.143 e. The van der Waals surface area contributed by atoms with Crippen LogP contribution in [0, 0.1) is 0 Å². The molecule has 3 aromatic carbocycles. The monoisotopic (exact) mass is 418 g/mol. The molecule has 0 bridgehead atoms. The first-order valence-electron chi connectivity index (χ1n) is 10.6. The summed E-state index contributed by atoms with van der Waals surface area (Å²) in [6.07, 6.45) is 0. The van der Waals surface area contributed by atoms with E-state index < -0.39 is 0 Å². The molecule has 0 spiro atoms. The van der Waals surface area contributed by atoms with Crippen LogP contribution in [0.1, 0.15) is 37.5 Å². The van der Waals surface area contributed by atoms with Crippen molar-refractivity contribution >= 4 is 5.78 Å². The van der Waals surface area contributed by atoms with E-state index >= 15 is 0 Å². The SMILES string of the molecule is CC(=O)CNCc1ccc(OCc2ccccc2)cc1.CC(C)(CN)c1ccccc1. The quantitative estimate of drug-likeness (QED) is 0.520. The fraction of sp³-hybridized carbons (Fsp3) is 0.296. The number of ketones is 1. The zero-order valence-corrected chi connectivity index (χ0v) is 18.8. The number of rotatable bonds is 9. The Morgan fingerprint density at radius 3 is 2.00 bits per heavy atom. The van der Waals surface area contributed by atoms with Gasteiger partial charge in [0.1, 0.15) is 18.1 Å². The Balaban J connectivity index is 0.000000262. The lowest BCUT2D eigenvalue weighted by molar-refractivity contribution is -0.116. The van der Waals surface area contributed by atoms with Gasteiger partial charge in [0.2, 0.25) is 0 Å². The van der Waals surface area contributed by atoms with Gasteiger partial charge >= 0.3 is 0 Å². The van der Waals surface area contributed by atoms with Crippen molar-refractivity contribution in [2.24, 2.45) is 5.73 Å². The number of benzene rings is 3. The van der Waals surface area contributed by atoms with E-state index in [1.807, 2.05) is 72.8 Å². The molecule has 0 unspecified atom stereocenters. The van der Waals surface area contributed by atoms with E-state index in [0.717, 1.165) is 16.9 Å². The first kappa shape index (κ1) is 24.3. The van der Waals surface area contributed by atoms with Gasteiger partial charge in [-0.25, -0.2) is 0 Å². The van der Waals surface area contributed by atoms with Gasteiger partial charge in [-0.1, -0.05) is 86.6 Å². The highest BCUT2D eigenvalue weighted by Gasteiger charge is 2.16. The van der Waals surface area contributed by atoms with Crippen molar-refractivity contribution in [1.29, 1.82) is 0 Å². The van der Waals surface area contributed by atoms with Crippen LogP contribution in [0.25, 0.3) is 0 Å². The van der Waals surface area contributed by atoms with Gasteiger partial charge in [0.25, 0.3) is 0 Å². The van der Waals surface area contributed by atoms with Crippen LogP contribution >= 0.6 is 0 Å². The summed E-state index contributed by atoms with van der Waals surface area (Å²) in [5.41, 5.74) is 9.35. The molecule has 3 rings (SSSR count). The standard InChI is InChI=1S/C17H19NO2.C10H15N/c1-14(19)11-18-12-15-7-9-17(10-8-15)20-13-16-5-3-2-4-6-16;1-10(2,8-11)9-6-4-3-5-7-9/h2-10,18H,11-13H2,1H3;3-7H,8,11H2,1-2H3. The molecule has 3 aromatic rings. The van der Waals surface area contributed by atoms with Gasteiger partial charge in [-0.05, 0) is 35.7 Å². The largest absolute Gasteiger partial charge is 0.489 e. The summed E-state index contributed by atoms with van der Waals surface area (Å²) < 4.78 is 5.72. The van der Waals surface area contributed by atoms with Crippen LogP contribution in [-0.2, 0) is 23.4 Å². The van der Waals surface area contributed by atoms with Crippen LogP contribution < -0.4 is 15.8 Å². The molecule has 0 amide bonds. The number of nitrogens with one attached hydrogen (secondary N) is 1. The van der Waals surface area contributed by atoms with Crippen molar-refractivity contribution < 1.29 is 9.53 Å². The second kappa shape index (κ2) is 12.7. The highest BCUT2D eigenvalue weighted by Crippen LogP contribution is 2.20. The highest BCUT2D eigenvalue weighted by molar-refractivity contribution is 5.77. The zero-order chi connectivity index (χ0) is 22.5. The lowest BCUT2D eigenvalue weighted by Gasteiger charge is -2.22. The fourth-order valence-electron chi connectivity index (χ4n) is 2.83. The summed E-state index contributed by atoms with van der Waals surface area (Å²) in [5, 5.41) is 3.09. The Morgan fingerprint density at radius 1 is 0.871 bits per heavy atom. The molecule has 0 aliphatic rings. The highest BCUT2D eigenvalue weighted by atomic mass is 16.5. The number of ether oxygens (including phenoxy) is 1. The average molecular weight is 419 g/mol. The molecule has 0 aliphatic heterocycles. The molecule has 0 aliphatic carbocycles. The molecule has 0 radical (unpaired) electrons. The van der Waals surface area contributed by atoms with Crippen LogP contribution in [0.4, 0.5) is 0 Å². The predicted molar refractivity (Wildman–Crippen MR) is 128 cm³/mol. The number of hydrogen-bond acceptors (Lipinski definition) is 4. The smallest absolute Gasteiger partial charge is 0.143 e. The number of carbonyl (C=O) groups is 1. The molecular formula is C27H34N2O2. The zero-order valence-electron chi connectivity index (χ0n) is 18.8. The van der Waals surface area contributed by atoms with Gasteiger partial charge in [-0.15, -0.1) is 0 Å². The van der Waals surface area contributed by atoms with E-state index in [0.29, 0.717) is 26.2 Å². The van der Waals surface area contributed by atoms with Gasteiger partial charge in [0.15, 0.2) is 0 Å². The Kier molecular flexibility index (Phi) is 9.95. The molecule has 4 heteroatoms. The van der Waals surface area contributed by atoms with Crippen molar-refractivity contribution in [1.82, 2.24) is 5.32 Å². The minimum atomic E-state index is 0.112. The normalized spacial score (nSPS) is 10.7. The lowest BCUT2D eigenvalue weighted by Crippen LogP contribution is -2.27.